The molecule has 4 rings (SSSR count). The molecule has 0 unspecified atom stereocenters. The topological polar surface area (TPSA) is 86.8 Å². The van der Waals surface area contributed by atoms with E-state index in [2.05, 4.69) is 15.5 Å². The van der Waals surface area contributed by atoms with Crippen molar-refractivity contribution in [3.05, 3.63) is 75.0 Å². The summed E-state index contributed by atoms with van der Waals surface area (Å²) in [5.41, 5.74) is 1.31. The van der Waals surface area contributed by atoms with E-state index in [9.17, 15) is 4.79 Å². The first-order chi connectivity index (χ1) is 14.5. The number of benzene rings is 2. The van der Waals surface area contributed by atoms with E-state index in [0.29, 0.717) is 34.8 Å². The van der Waals surface area contributed by atoms with Crippen LogP contribution in [-0.4, -0.2) is 40.3 Å². The Morgan fingerprint density at radius 1 is 1.07 bits per heavy atom. The molecule has 0 amide bonds. The summed E-state index contributed by atoms with van der Waals surface area (Å²) >= 11 is 12.4. The quantitative estimate of drug-likeness (QED) is 0.466. The molecular weight excluding hydrogens is 423 g/mol. The molecule has 0 fully saturated rings. The Kier molecular flexibility index (Phi) is 5.83. The highest BCUT2D eigenvalue weighted by atomic mass is 35.5. The molecule has 2 aromatic carbocycles. The number of halogens is 2. The lowest BCUT2D eigenvalue weighted by Gasteiger charge is -2.21. The molecule has 0 aliphatic carbocycles. The number of H-pyrrole nitrogens is 1. The first kappa shape index (κ1) is 20.1. The van der Waals surface area contributed by atoms with Gasteiger partial charge < -0.3 is 10.2 Å². The molecule has 0 saturated heterocycles. The molecule has 7 nitrogen and oxygen atoms in total. The van der Waals surface area contributed by atoms with Crippen LogP contribution in [0.5, 0.6) is 0 Å². The summed E-state index contributed by atoms with van der Waals surface area (Å²) in [5, 5.41) is 11.5. The van der Waals surface area contributed by atoms with Gasteiger partial charge in [-0.15, -0.1) is 0 Å². The Morgan fingerprint density at radius 2 is 1.90 bits per heavy atom. The van der Waals surface area contributed by atoms with Gasteiger partial charge in [-0.1, -0.05) is 35.3 Å². The minimum absolute atomic E-state index is 0.237. The fourth-order valence-corrected chi connectivity index (χ4v) is 3.54. The van der Waals surface area contributed by atoms with Crippen molar-refractivity contribution in [2.24, 2.45) is 0 Å². The average molecular weight is 441 g/mol. The fourth-order valence-electron chi connectivity index (χ4n) is 3.04. The van der Waals surface area contributed by atoms with Crippen molar-refractivity contribution < 1.29 is 0 Å². The Morgan fingerprint density at radius 3 is 2.67 bits per heavy atom. The van der Waals surface area contributed by atoms with Crippen molar-refractivity contribution >= 4 is 45.7 Å². The number of aromatic nitrogens is 4. The highest BCUT2D eigenvalue weighted by Gasteiger charge is 2.14. The molecule has 2 heterocycles. The van der Waals surface area contributed by atoms with Gasteiger partial charge in [-0.2, -0.15) is 5.10 Å². The zero-order valence-electron chi connectivity index (χ0n) is 16.1. The molecule has 152 valence electrons. The lowest BCUT2D eigenvalue weighted by atomic mass is 10.1. The van der Waals surface area contributed by atoms with Gasteiger partial charge in [0.05, 0.1) is 10.5 Å². The normalized spacial score (nSPS) is 10.9. The maximum atomic E-state index is 11.1. The van der Waals surface area contributed by atoms with E-state index in [4.69, 9.17) is 33.2 Å². The Labute approximate surface area is 182 Å². The predicted octanol–water partition coefficient (Wildman–Crippen LogP) is 4.24. The SMILES string of the molecule is CN(CCNc1ccc(=O)[nH]n1)c1nc(-c2ccc(Cl)cc2Cl)nc2ccccc12. The number of rotatable bonds is 6. The van der Waals surface area contributed by atoms with Gasteiger partial charge >= 0.3 is 0 Å². The van der Waals surface area contributed by atoms with Crippen LogP contribution in [0.4, 0.5) is 11.6 Å². The van der Waals surface area contributed by atoms with Crippen molar-refractivity contribution in [1.82, 2.24) is 20.2 Å². The van der Waals surface area contributed by atoms with Gasteiger partial charge in [0.2, 0.25) is 0 Å². The zero-order valence-corrected chi connectivity index (χ0v) is 17.6. The van der Waals surface area contributed by atoms with Crippen molar-refractivity contribution in [1.29, 1.82) is 0 Å². The molecule has 0 aliphatic rings. The van der Waals surface area contributed by atoms with Crippen LogP contribution >= 0.6 is 23.2 Å². The van der Waals surface area contributed by atoms with Crippen molar-refractivity contribution in [3.8, 4) is 11.4 Å². The highest BCUT2D eigenvalue weighted by molar-refractivity contribution is 6.36. The molecule has 4 aromatic rings. The molecule has 0 spiro atoms. The Hall–Kier alpha value is -3.16. The molecular formula is C21H18Cl2N6O. The van der Waals surface area contributed by atoms with E-state index < -0.39 is 0 Å². The largest absolute Gasteiger partial charge is 0.367 e. The second-order valence-electron chi connectivity index (χ2n) is 6.67. The molecule has 0 saturated carbocycles. The van der Waals surface area contributed by atoms with Crippen LogP contribution in [0.2, 0.25) is 10.0 Å². The summed E-state index contributed by atoms with van der Waals surface area (Å²) in [6.45, 7) is 1.25. The standard InChI is InChI=1S/C21H18Cl2N6O/c1-29(11-10-24-18-8-9-19(30)28-27-18)21-15-4-2-3-5-17(15)25-20(26-21)14-7-6-13(22)12-16(14)23/h2-9,12H,10-11H2,1H3,(H,24,27)(H,28,30). The minimum atomic E-state index is -0.237. The second kappa shape index (κ2) is 8.69. The summed E-state index contributed by atoms with van der Waals surface area (Å²) in [4.78, 5) is 22.6. The van der Waals surface area contributed by atoms with Crippen LogP contribution in [-0.2, 0) is 0 Å². The lowest BCUT2D eigenvalue weighted by Crippen LogP contribution is -2.26. The Bertz CT molecular complexity index is 1240. The number of nitrogens with one attached hydrogen (secondary N) is 2. The van der Waals surface area contributed by atoms with E-state index in [0.717, 1.165) is 22.3 Å². The number of para-hydroxylation sites is 1. The van der Waals surface area contributed by atoms with E-state index in [1.165, 1.54) is 6.07 Å². The van der Waals surface area contributed by atoms with Crippen molar-refractivity contribution in [3.63, 3.8) is 0 Å². The maximum Gasteiger partial charge on any atom is 0.264 e. The third-order valence-electron chi connectivity index (χ3n) is 4.55. The highest BCUT2D eigenvalue weighted by Crippen LogP contribution is 2.32. The number of anilines is 2. The number of hydrogen-bond acceptors (Lipinski definition) is 6. The van der Waals surface area contributed by atoms with Crippen LogP contribution in [0, 0.1) is 0 Å². The number of aromatic amines is 1. The summed E-state index contributed by atoms with van der Waals surface area (Å²) in [6, 6.07) is 16.2. The van der Waals surface area contributed by atoms with Crippen LogP contribution in [0.1, 0.15) is 0 Å². The average Bonchev–Trinajstić information content (AvgIpc) is 2.74. The smallest absolute Gasteiger partial charge is 0.264 e. The van der Waals surface area contributed by atoms with E-state index in [-0.39, 0.29) is 5.56 Å². The maximum absolute atomic E-state index is 11.1. The Balaban J connectivity index is 1.63. The van der Waals surface area contributed by atoms with Gasteiger partial charge in [0.25, 0.3) is 5.56 Å². The van der Waals surface area contributed by atoms with Gasteiger partial charge in [-0.3, -0.25) is 4.79 Å². The molecule has 2 aromatic heterocycles. The predicted molar refractivity (Wildman–Crippen MR) is 122 cm³/mol. The number of fused-ring (bicyclic) bond motifs is 1. The van der Waals surface area contributed by atoms with Gasteiger partial charge in [0.1, 0.15) is 11.6 Å². The number of nitrogens with zero attached hydrogens (tertiary/aromatic N) is 4. The van der Waals surface area contributed by atoms with E-state index in [1.807, 2.05) is 42.3 Å². The van der Waals surface area contributed by atoms with E-state index >= 15 is 0 Å². The molecule has 2 N–H and O–H groups in total. The van der Waals surface area contributed by atoms with Gasteiger partial charge in [-0.25, -0.2) is 15.1 Å². The summed E-state index contributed by atoms with van der Waals surface area (Å²) in [6.07, 6.45) is 0. The van der Waals surface area contributed by atoms with E-state index in [1.54, 1.807) is 18.2 Å². The molecule has 0 atom stereocenters. The monoisotopic (exact) mass is 440 g/mol. The third-order valence-corrected chi connectivity index (χ3v) is 5.10. The van der Waals surface area contributed by atoms with Gasteiger partial charge in [-0.05, 0) is 36.4 Å². The first-order valence-corrected chi connectivity index (χ1v) is 10.00. The van der Waals surface area contributed by atoms with Gasteiger partial charge in [0, 0.05) is 42.2 Å². The molecule has 0 aliphatic heterocycles. The summed E-state index contributed by atoms with van der Waals surface area (Å²) < 4.78 is 0. The van der Waals surface area contributed by atoms with Crippen LogP contribution in [0.3, 0.4) is 0 Å². The number of likely N-dealkylation sites (N-methyl/N-ethyl adjacent to an activating group) is 1. The lowest BCUT2D eigenvalue weighted by molar-refractivity contribution is 0.883. The summed E-state index contributed by atoms with van der Waals surface area (Å²) in [5.74, 6) is 1.93. The van der Waals surface area contributed by atoms with Crippen LogP contribution < -0.4 is 15.8 Å². The first-order valence-electron chi connectivity index (χ1n) is 9.24. The van der Waals surface area contributed by atoms with Crippen LogP contribution in [0.15, 0.2) is 59.4 Å². The second-order valence-corrected chi connectivity index (χ2v) is 7.51. The minimum Gasteiger partial charge on any atom is -0.367 e. The van der Waals surface area contributed by atoms with Crippen LogP contribution in [0.25, 0.3) is 22.3 Å². The third kappa shape index (κ3) is 4.37. The van der Waals surface area contributed by atoms with Gasteiger partial charge in [0.15, 0.2) is 5.82 Å². The fraction of sp³-hybridized carbons (Fsp3) is 0.143. The van der Waals surface area contributed by atoms with Crippen molar-refractivity contribution in [2.75, 3.05) is 30.4 Å². The van der Waals surface area contributed by atoms with Crippen molar-refractivity contribution in [2.45, 2.75) is 0 Å². The zero-order chi connectivity index (χ0) is 21.1. The summed E-state index contributed by atoms with van der Waals surface area (Å²) in [7, 11) is 1.96. The molecule has 9 heteroatoms. The molecule has 30 heavy (non-hydrogen) atoms. The number of hydrogen-bond donors (Lipinski definition) is 2. The molecule has 0 radical (unpaired) electrons. The molecule has 0 bridgehead atoms.